The summed E-state index contributed by atoms with van der Waals surface area (Å²) in [7, 11) is 0. The highest BCUT2D eigenvalue weighted by Crippen LogP contribution is 2.51. The molecule has 0 saturated heterocycles. The van der Waals surface area contributed by atoms with Crippen LogP contribution in [-0.4, -0.2) is 4.57 Å². The van der Waals surface area contributed by atoms with Crippen molar-refractivity contribution in [2.75, 3.05) is 4.90 Å². The van der Waals surface area contributed by atoms with Gasteiger partial charge in [-0.1, -0.05) is 147 Å². The Bertz CT molecular complexity index is 2730. The summed E-state index contributed by atoms with van der Waals surface area (Å²) >= 11 is 0. The van der Waals surface area contributed by atoms with Crippen molar-refractivity contribution < 1.29 is 0 Å². The molecule has 0 aliphatic heterocycles. The first kappa shape index (κ1) is 29.5. The summed E-state index contributed by atoms with van der Waals surface area (Å²) in [5, 5.41) is 4.92. The molecule has 9 aromatic rings. The lowest BCUT2D eigenvalue weighted by molar-refractivity contribution is 0.660. The lowest BCUT2D eigenvalue weighted by Crippen LogP contribution is -2.15. The van der Waals surface area contributed by atoms with Gasteiger partial charge in [-0.05, 0) is 87.3 Å². The third-order valence-electron chi connectivity index (χ3n) is 10.9. The smallest absolute Gasteiger partial charge is 0.0560 e. The molecule has 2 heteroatoms. The Balaban J connectivity index is 1.27. The second-order valence-electron chi connectivity index (χ2n) is 14.2. The minimum absolute atomic E-state index is 0.0638. The number of anilines is 3. The van der Waals surface area contributed by atoms with Crippen LogP contribution in [0.25, 0.3) is 60.5 Å². The Morgan fingerprint density at radius 1 is 0.431 bits per heavy atom. The molecule has 1 aliphatic carbocycles. The molecule has 1 heterocycles. The molecular formula is C49H36N2. The van der Waals surface area contributed by atoms with Gasteiger partial charge in [0.15, 0.2) is 0 Å². The zero-order chi connectivity index (χ0) is 34.1. The topological polar surface area (TPSA) is 8.17 Å². The number of aromatic nitrogens is 1. The largest absolute Gasteiger partial charge is 0.310 e. The van der Waals surface area contributed by atoms with Gasteiger partial charge in [0, 0.05) is 38.6 Å². The molecule has 0 unspecified atom stereocenters. The predicted molar refractivity (Wildman–Crippen MR) is 216 cm³/mol. The maximum atomic E-state index is 2.47. The van der Waals surface area contributed by atoms with E-state index in [9.17, 15) is 0 Å². The van der Waals surface area contributed by atoms with E-state index in [0.717, 1.165) is 22.7 Å². The highest BCUT2D eigenvalue weighted by molar-refractivity contribution is 6.10. The van der Waals surface area contributed by atoms with Crippen molar-refractivity contribution in [3.05, 3.63) is 193 Å². The van der Waals surface area contributed by atoms with Gasteiger partial charge in [-0.3, -0.25) is 0 Å². The van der Waals surface area contributed by atoms with Crippen molar-refractivity contribution in [2.45, 2.75) is 19.3 Å². The Hall–Kier alpha value is -6.38. The van der Waals surface area contributed by atoms with E-state index in [2.05, 4.69) is 205 Å². The molecule has 8 aromatic carbocycles. The Morgan fingerprint density at radius 3 is 1.82 bits per heavy atom. The van der Waals surface area contributed by atoms with Crippen LogP contribution in [0.2, 0.25) is 0 Å². The SMILES string of the molecule is CC1(C)c2ccccc2-c2cc(N(c3cccc(-c4ccccc4)c3)c3cc(-n4c5ccccc5c5ccccc54)cc4ccccc34)ccc21. The first-order chi connectivity index (χ1) is 25.1. The molecule has 242 valence electrons. The van der Waals surface area contributed by atoms with E-state index in [1.54, 1.807) is 0 Å². The second kappa shape index (κ2) is 11.3. The van der Waals surface area contributed by atoms with Gasteiger partial charge < -0.3 is 9.47 Å². The molecule has 0 amide bonds. The first-order valence-electron chi connectivity index (χ1n) is 17.8. The molecule has 0 atom stereocenters. The fourth-order valence-corrected chi connectivity index (χ4v) is 8.52. The van der Waals surface area contributed by atoms with Crippen LogP contribution in [0.5, 0.6) is 0 Å². The van der Waals surface area contributed by atoms with E-state index in [0.29, 0.717) is 0 Å². The highest BCUT2D eigenvalue weighted by atomic mass is 15.1. The molecule has 2 nitrogen and oxygen atoms in total. The summed E-state index contributed by atoms with van der Waals surface area (Å²) in [5.41, 5.74) is 14.6. The molecule has 0 spiro atoms. The standard InChI is InChI=1S/C49H36N2/c1-49(2)44-24-11-8-21-40(44)43-31-37(27-28-45(43)49)50(36-19-14-18-34(29-36)33-15-4-3-5-16-33)48-32-38(30-35-17-6-7-20-39(35)48)51-46-25-12-9-22-41(46)42-23-10-13-26-47(42)51/h3-32H,1-2H3. The average Bonchev–Trinajstić information content (AvgIpc) is 3.64. The van der Waals surface area contributed by atoms with Crippen molar-refractivity contribution in [2.24, 2.45) is 0 Å². The summed E-state index contributed by atoms with van der Waals surface area (Å²) in [5.74, 6) is 0. The molecule has 1 aliphatic rings. The van der Waals surface area contributed by atoms with Gasteiger partial charge in [-0.2, -0.15) is 0 Å². The highest BCUT2D eigenvalue weighted by Gasteiger charge is 2.35. The third kappa shape index (κ3) is 4.57. The molecule has 0 saturated carbocycles. The van der Waals surface area contributed by atoms with Gasteiger partial charge in [0.2, 0.25) is 0 Å². The summed E-state index contributed by atoms with van der Waals surface area (Å²) in [6.45, 7) is 4.70. The number of hydrogen-bond acceptors (Lipinski definition) is 1. The zero-order valence-electron chi connectivity index (χ0n) is 28.7. The van der Waals surface area contributed by atoms with Crippen LogP contribution < -0.4 is 4.90 Å². The normalized spacial score (nSPS) is 13.1. The van der Waals surface area contributed by atoms with Gasteiger partial charge in [0.05, 0.1) is 16.7 Å². The maximum Gasteiger partial charge on any atom is 0.0560 e. The van der Waals surface area contributed by atoms with Crippen LogP contribution in [0.15, 0.2) is 182 Å². The van der Waals surface area contributed by atoms with E-state index in [1.165, 1.54) is 66.0 Å². The van der Waals surface area contributed by atoms with E-state index in [4.69, 9.17) is 0 Å². The molecule has 51 heavy (non-hydrogen) atoms. The van der Waals surface area contributed by atoms with E-state index < -0.39 is 0 Å². The van der Waals surface area contributed by atoms with Gasteiger partial charge in [0.1, 0.15) is 0 Å². The van der Waals surface area contributed by atoms with Crippen molar-refractivity contribution in [3.8, 4) is 27.9 Å². The van der Waals surface area contributed by atoms with Gasteiger partial charge in [-0.25, -0.2) is 0 Å². The monoisotopic (exact) mass is 652 g/mol. The number of para-hydroxylation sites is 2. The van der Waals surface area contributed by atoms with Crippen LogP contribution in [0, 0.1) is 0 Å². The Morgan fingerprint density at radius 2 is 1.04 bits per heavy atom. The Labute approximate surface area is 298 Å². The van der Waals surface area contributed by atoms with Gasteiger partial charge >= 0.3 is 0 Å². The van der Waals surface area contributed by atoms with E-state index >= 15 is 0 Å². The van der Waals surface area contributed by atoms with E-state index in [1.807, 2.05) is 0 Å². The lowest BCUT2D eigenvalue weighted by Gasteiger charge is -2.29. The molecule has 0 fully saturated rings. The number of rotatable bonds is 5. The molecule has 0 radical (unpaired) electrons. The van der Waals surface area contributed by atoms with Crippen LogP contribution >= 0.6 is 0 Å². The number of benzene rings is 8. The lowest BCUT2D eigenvalue weighted by atomic mass is 9.82. The minimum atomic E-state index is -0.0638. The number of hydrogen-bond donors (Lipinski definition) is 0. The average molecular weight is 653 g/mol. The number of fused-ring (bicyclic) bond motifs is 7. The summed E-state index contributed by atoms with van der Waals surface area (Å²) in [4.78, 5) is 2.47. The molecule has 0 N–H and O–H groups in total. The van der Waals surface area contributed by atoms with Crippen LogP contribution in [0.3, 0.4) is 0 Å². The molecular weight excluding hydrogens is 617 g/mol. The van der Waals surface area contributed by atoms with Crippen molar-refractivity contribution in [3.63, 3.8) is 0 Å². The van der Waals surface area contributed by atoms with Crippen LogP contribution in [-0.2, 0) is 5.41 Å². The molecule has 1 aromatic heterocycles. The minimum Gasteiger partial charge on any atom is -0.310 e. The van der Waals surface area contributed by atoms with Gasteiger partial charge in [-0.15, -0.1) is 0 Å². The number of nitrogens with zero attached hydrogens (tertiary/aromatic N) is 2. The van der Waals surface area contributed by atoms with Crippen molar-refractivity contribution in [1.29, 1.82) is 0 Å². The second-order valence-corrected chi connectivity index (χ2v) is 14.2. The summed E-state index contributed by atoms with van der Waals surface area (Å²) < 4.78 is 2.43. The third-order valence-corrected chi connectivity index (χ3v) is 10.9. The van der Waals surface area contributed by atoms with Crippen LogP contribution in [0.4, 0.5) is 17.1 Å². The Kier molecular flexibility index (Phi) is 6.56. The zero-order valence-corrected chi connectivity index (χ0v) is 28.7. The first-order valence-corrected chi connectivity index (χ1v) is 17.8. The van der Waals surface area contributed by atoms with E-state index in [-0.39, 0.29) is 5.41 Å². The molecule has 0 bridgehead atoms. The predicted octanol–water partition coefficient (Wildman–Crippen LogP) is 13.4. The summed E-state index contributed by atoms with van der Waals surface area (Å²) in [6, 6.07) is 66.8. The molecule has 10 rings (SSSR count). The van der Waals surface area contributed by atoms with Crippen molar-refractivity contribution >= 4 is 49.6 Å². The summed E-state index contributed by atoms with van der Waals surface area (Å²) in [6.07, 6.45) is 0. The maximum absolute atomic E-state index is 2.47. The van der Waals surface area contributed by atoms with Crippen LogP contribution in [0.1, 0.15) is 25.0 Å². The van der Waals surface area contributed by atoms with Gasteiger partial charge in [0.25, 0.3) is 0 Å². The fourth-order valence-electron chi connectivity index (χ4n) is 8.52. The van der Waals surface area contributed by atoms with Crippen molar-refractivity contribution in [1.82, 2.24) is 4.57 Å². The fraction of sp³-hybridized carbons (Fsp3) is 0.0612. The quantitative estimate of drug-likeness (QED) is 0.180.